The minimum absolute atomic E-state index is 0.0188. The third-order valence-electron chi connectivity index (χ3n) is 3.17. The monoisotopic (exact) mass is 266 g/mol. The number of carbonyl (C=O) groups excluding carboxylic acids is 1. The van der Waals surface area contributed by atoms with Crippen molar-refractivity contribution in [3.8, 4) is 5.75 Å². The van der Waals surface area contributed by atoms with Gasteiger partial charge in [-0.15, -0.1) is 0 Å². The van der Waals surface area contributed by atoms with Crippen LogP contribution < -0.4 is 4.74 Å². The van der Waals surface area contributed by atoms with Crippen LogP contribution in [0.25, 0.3) is 6.08 Å². The Kier molecular flexibility index (Phi) is 4.36. The van der Waals surface area contributed by atoms with E-state index in [9.17, 15) is 4.79 Å². The molecule has 2 nitrogen and oxygen atoms in total. The van der Waals surface area contributed by atoms with E-state index in [-0.39, 0.29) is 5.78 Å². The highest BCUT2D eigenvalue weighted by Crippen LogP contribution is 2.15. The van der Waals surface area contributed by atoms with Gasteiger partial charge in [-0.3, -0.25) is 4.79 Å². The second kappa shape index (κ2) is 6.20. The number of ether oxygens (including phenoxy) is 1. The second-order valence-corrected chi connectivity index (χ2v) is 4.79. The highest BCUT2D eigenvalue weighted by atomic mass is 16.5. The van der Waals surface area contributed by atoms with E-state index in [2.05, 4.69) is 0 Å². The number of allylic oxidation sites excluding steroid dienone is 1. The molecule has 20 heavy (non-hydrogen) atoms. The molecular formula is C18H18O2. The number of methoxy groups -OCH3 is 1. The van der Waals surface area contributed by atoms with Crippen molar-refractivity contribution < 1.29 is 9.53 Å². The maximum Gasteiger partial charge on any atom is 0.186 e. The highest BCUT2D eigenvalue weighted by Gasteiger charge is 2.05. The van der Waals surface area contributed by atoms with E-state index in [1.165, 1.54) is 0 Å². The minimum atomic E-state index is 0.0188. The first-order valence-corrected chi connectivity index (χ1v) is 6.54. The van der Waals surface area contributed by atoms with Crippen LogP contribution >= 0.6 is 0 Å². The van der Waals surface area contributed by atoms with E-state index >= 15 is 0 Å². The Hall–Kier alpha value is -2.35. The van der Waals surface area contributed by atoms with Crippen LogP contribution in [0.2, 0.25) is 0 Å². The lowest BCUT2D eigenvalue weighted by molar-refractivity contribution is 0.104. The number of rotatable bonds is 4. The summed E-state index contributed by atoms with van der Waals surface area (Å²) in [6.07, 6.45) is 3.41. The lowest BCUT2D eigenvalue weighted by Crippen LogP contribution is -1.98. The Bertz CT molecular complexity index is 654. The number of benzene rings is 2. The summed E-state index contributed by atoms with van der Waals surface area (Å²) in [7, 11) is 1.63. The summed E-state index contributed by atoms with van der Waals surface area (Å²) in [5, 5.41) is 0. The molecule has 0 spiro atoms. The van der Waals surface area contributed by atoms with Gasteiger partial charge in [-0.1, -0.05) is 42.0 Å². The number of carbonyl (C=O) groups is 1. The molecule has 2 rings (SSSR count). The number of ketones is 1. The van der Waals surface area contributed by atoms with Gasteiger partial charge in [0.25, 0.3) is 0 Å². The van der Waals surface area contributed by atoms with E-state index in [1.54, 1.807) is 13.2 Å². The van der Waals surface area contributed by atoms with Gasteiger partial charge in [0.2, 0.25) is 0 Å². The Morgan fingerprint density at radius 3 is 2.60 bits per heavy atom. The predicted molar refractivity (Wildman–Crippen MR) is 82.3 cm³/mol. The minimum Gasteiger partial charge on any atom is -0.497 e. The Labute approximate surface area is 119 Å². The third kappa shape index (κ3) is 3.35. The first-order chi connectivity index (χ1) is 9.60. The first-order valence-electron chi connectivity index (χ1n) is 6.54. The Morgan fingerprint density at radius 1 is 1.10 bits per heavy atom. The molecule has 2 heteroatoms. The molecule has 0 saturated carbocycles. The zero-order valence-electron chi connectivity index (χ0n) is 12.0. The Balaban J connectivity index is 2.20. The molecule has 0 radical (unpaired) electrons. The van der Waals surface area contributed by atoms with Crippen LogP contribution in [0.1, 0.15) is 27.0 Å². The van der Waals surface area contributed by atoms with Crippen LogP contribution in [0.15, 0.2) is 48.5 Å². The van der Waals surface area contributed by atoms with Crippen LogP contribution in [0.4, 0.5) is 0 Å². The van der Waals surface area contributed by atoms with E-state index in [1.807, 2.05) is 62.4 Å². The van der Waals surface area contributed by atoms with Gasteiger partial charge >= 0.3 is 0 Å². The molecular weight excluding hydrogens is 248 g/mol. The van der Waals surface area contributed by atoms with E-state index < -0.39 is 0 Å². The van der Waals surface area contributed by atoms with Crippen LogP contribution in [0, 0.1) is 13.8 Å². The summed E-state index contributed by atoms with van der Waals surface area (Å²) in [6, 6.07) is 13.5. The maximum atomic E-state index is 12.2. The fraction of sp³-hybridized carbons (Fsp3) is 0.167. The van der Waals surface area contributed by atoms with Crippen molar-refractivity contribution in [3.05, 3.63) is 70.8 Å². The van der Waals surface area contributed by atoms with Crippen molar-refractivity contribution in [2.24, 2.45) is 0 Å². The summed E-state index contributed by atoms with van der Waals surface area (Å²) < 4.78 is 5.16. The van der Waals surface area contributed by atoms with Crippen LogP contribution in [-0.2, 0) is 0 Å². The molecule has 0 unspecified atom stereocenters. The topological polar surface area (TPSA) is 26.3 Å². The molecule has 0 amide bonds. The lowest BCUT2D eigenvalue weighted by atomic mass is 10.0. The summed E-state index contributed by atoms with van der Waals surface area (Å²) >= 11 is 0. The van der Waals surface area contributed by atoms with Crippen molar-refractivity contribution in [2.45, 2.75) is 13.8 Å². The standard InChI is InChI=1S/C18H18O2/c1-13-7-9-17(14(2)11-13)18(19)10-8-15-5-4-6-16(12-15)20-3/h4-12H,1-3H3. The SMILES string of the molecule is COc1cccc(C=CC(=O)c2ccc(C)cc2C)c1. The van der Waals surface area contributed by atoms with Gasteiger partial charge in [-0.25, -0.2) is 0 Å². The van der Waals surface area contributed by atoms with Gasteiger partial charge in [0.15, 0.2) is 5.78 Å². The normalized spacial score (nSPS) is 10.8. The molecule has 2 aromatic carbocycles. The van der Waals surface area contributed by atoms with Crippen molar-refractivity contribution in [2.75, 3.05) is 7.11 Å². The molecule has 102 valence electrons. The molecule has 0 fully saturated rings. The Morgan fingerprint density at radius 2 is 1.90 bits per heavy atom. The average molecular weight is 266 g/mol. The van der Waals surface area contributed by atoms with Crippen LogP contribution in [0.3, 0.4) is 0 Å². The number of hydrogen-bond donors (Lipinski definition) is 0. The van der Waals surface area contributed by atoms with Gasteiger partial charge in [0.05, 0.1) is 7.11 Å². The van der Waals surface area contributed by atoms with Crippen molar-refractivity contribution >= 4 is 11.9 Å². The van der Waals surface area contributed by atoms with Gasteiger partial charge < -0.3 is 4.74 Å². The molecule has 0 saturated heterocycles. The van der Waals surface area contributed by atoms with E-state index in [0.717, 1.165) is 28.0 Å². The maximum absolute atomic E-state index is 12.2. The summed E-state index contributed by atoms with van der Waals surface area (Å²) in [5.74, 6) is 0.802. The van der Waals surface area contributed by atoms with Gasteiger partial charge in [0, 0.05) is 5.56 Å². The molecule has 0 aliphatic heterocycles. The first kappa shape index (κ1) is 14.1. The molecule has 0 N–H and O–H groups in total. The lowest BCUT2D eigenvalue weighted by Gasteiger charge is -2.03. The van der Waals surface area contributed by atoms with Crippen molar-refractivity contribution in [1.29, 1.82) is 0 Å². The third-order valence-corrected chi connectivity index (χ3v) is 3.17. The van der Waals surface area contributed by atoms with Gasteiger partial charge in [-0.05, 0) is 43.2 Å². The quantitative estimate of drug-likeness (QED) is 0.612. The molecule has 0 aromatic heterocycles. The van der Waals surface area contributed by atoms with Crippen molar-refractivity contribution in [1.82, 2.24) is 0 Å². The van der Waals surface area contributed by atoms with Gasteiger partial charge in [0.1, 0.15) is 5.75 Å². The summed E-state index contributed by atoms with van der Waals surface area (Å²) in [4.78, 5) is 12.2. The molecule has 0 heterocycles. The second-order valence-electron chi connectivity index (χ2n) is 4.79. The summed E-state index contributed by atoms with van der Waals surface area (Å²) in [5.41, 5.74) is 3.86. The smallest absolute Gasteiger partial charge is 0.186 e. The molecule has 0 bridgehead atoms. The van der Waals surface area contributed by atoms with E-state index in [0.29, 0.717) is 0 Å². The molecule has 2 aromatic rings. The fourth-order valence-corrected chi connectivity index (χ4v) is 2.10. The number of hydrogen-bond acceptors (Lipinski definition) is 2. The van der Waals surface area contributed by atoms with E-state index in [4.69, 9.17) is 4.74 Å². The van der Waals surface area contributed by atoms with Gasteiger partial charge in [-0.2, -0.15) is 0 Å². The predicted octanol–water partition coefficient (Wildman–Crippen LogP) is 4.21. The largest absolute Gasteiger partial charge is 0.497 e. The molecule has 0 atom stereocenters. The zero-order chi connectivity index (χ0) is 14.5. The molecule has 0 aliphatic rings. The summed E-state index contributed by atoms with van der Waals surface area (Å²) in [6.45, 7) is 3.98. The fourth-order valence-electron chi connectivity index (χ4n) is 2.10. The average Bonchev–Trinajstić information content (AvgIpc) is 2.45. The van der Waals surface area contributed by atoms with Crippen LogP contribution in [0.5, 0.6) is 5.75 Å². The van der Waals surface area contributed by atoms with Crippen LogP contribution in [-0.4, -0.2) is 12.9 Å². The highest BCUT2D eigenvalue weighted by molar-refractivity contribution is 6.07. The number of aryl methyl sites for hydroxylation is 2. The molecule has 0 aliphatic carbocycles. The zero-order valence-corrected chi connectivity index (χ0v) is 12.0. The van der Waals surface area contributed by atoms with Crippen molar-refractivity contribution in [3.63, 3.8) is 0 Å².